The van der Waals surface area contributed by atoms with Crippen molar-refractivity contribution in [1.82, 2.24) is 0 Å². The first-order valence-electron chi connectivity index (χ1n) is 12.2. The van der Waals surface area contributed by atoms with Gasteiger partial charge < -0.3 is 9.64 Å². The van der Waals surface area contributed by atoms with Crippen molar-refractivity contribution in [3.8, 4) is 5.75 Å². The average molecular weight is 481 g/mol. The maximum Gasteiger partial charge on any atom is 0.118 e. The van der Waals surface area contributed by atoms with Crippen molar-refractivity contribution in [2.45, 2.75) is 0 Å². The molecule has 37 heavy (non-hydrogen) atoms. The number of nitrogens with zero attached hydrogens (tertiary/aromatic N) is 2. The molecule has 0 bridgehead atoms. The molecular formula is C34H28N2O. The number of rotatable bonds is 8. The van der Waals surface area contributed by atoms with Crippen molar-refractivity contribution >= 4 is 41.1 Å². The van der Waals surface area contributed by atoms with Crippen LogP contribution in [0.25, 0.3) is 12.2 Å². The molecule has 5 aromatic rings. The van der Waals surface area contributed by atoms with E-state index in [-0.39, 0.29) is 0 Å². The number of ether oxygens (including phenoxy) is 1. The third kappa shape index (κ3) is 6.22. The largest absolute Gasteiger partial charge is 0.497 e. The van der Waals surface area contributed by atoms with Crippen LogP contribution in [0.2, 0.25) is 0 Å². The summed E-state index contributed by atoms with van der Waals surface area (Å²) in [5, 5.41) is 0. The minimum atomic E-state index is 0.840. The Morgan fingerprint density at radius 2 is 0.973 bits per heavy atom. The Hall–Kier alpha value is -4.89. The van der Waals surface area contributed by atoms with Gasteiger partial charge in [0.05, 0.1) is 12.8 Å². The van der Waals surface area contributed by atoms with E-state index < -0.39 is 0 Å². The SMILES string of the molecule is COc1ccc(C=Nc2ccc(/C=C/c3ccc(N(c4ccccc4)c4ccccc4)cc3)cc2)cc1. The highest BCUT2D eigenvalue weighted by Crippen LogP contribution is 2.34. The summed E-state index contributed by atoms with van der Waals surface area (Å²) in [6.07, 6.45) is 6.12. The molecule has 0 unspecified atom stereocenters. The van der Waals surface area contributed by atoms with Crippen LogP contribution in [0.4, 0.5) is 22.7 Å². The van der Waals surface area contributed by atoms with E-state index in [0.29, 0.717) is 0 Å². The Balaban J connectivity index is 1.27. The van der Waals surface area contributed by atoms with Crippen LogP contribution in [0, 0.1) is 0 Å². The van der Waals surface area contributed by atoms with Gasteiger partial charge in [-0.1, -0.05) is 72.8 Å². The number of methoxy groups -OCH3 is 1. The second kappa shape index (κ2) is 11.7. The van der Waals surface area contributed by atoms with Gasteiger partial charge in [0, 0.05) is 23.3 Å². The summed E-state index contributed by atoms with van der Waals surface area (Å²) in [6, 6.07) is 45.6. The van der Waals surface area contributed by atoms with Crippen LogP contribution < -0.4 is 9.64 Å². The third-order valence-corrected chi connectivity index (χ3v) is 6.02. The van der Waals surface area contributed by atoms with Crippen LogP contribution in [-0.4, -0.2) is 13.3 Å². The molecule has 0 fully saturated rings. The quantitative estimate of drug-likeness (QED) is 0.163. The van der Waals surface area contributed by atoms with Gasteiger partial charge in [-0.25, -0.2) is 0 Å². The first-order valence-corrected chi connectivity index (χ1v) is 12.2. The van der Waals surface area contributed by atoms with Crippen molar-refractivity contribution in [1.29, 1.82) is 0 Å². The number of anilines is 3. The van der Waals surface area contributed by atoms with Gasteiger partial charge in [-0.3, -0.25) is 4.99 Å². The summed E-state index contributed by atoms with van der Waals surface area (Å²) in [4.78, 5) is 6.84. The normalized spacial score (nSPS) is 11.2. The smallest absolute Gasteiger partial charge is 0.118 e. The van der Waals surface area contributed by atoms with Crippen LogP contribution in [0.15, 0.2) is 138 Å². The van der Waals surface area contributed by atoms with E-state index in [1.807, 2.05) is 54.7 Å². The summed E-state index contributed by atoms with van der Waals surface area (Å²) in [5.74, 6) is 0.840. The average Bonchev–Trinajstić information content (AvgIpc) is 2.98. The molecule has 0 aromatic heterocycles. The maximum atomic E-state index is 5.20. The van der Waals surface area contributed by atoms with E-state index in [1.54, 1.807) is 7.11 Å². The zero-order valence-electron chi connectivity index (χ0n) is 20.7. The second-order valence-corrected chi connectivity index (χ2v) is 8.55. The highest BCUT2D eigenvalue weighted by Gasteiger charge is 2.11. The summed E-state index contributed by atoms with van der Waals surface area (Å²) >= 11 is 0. The lowest BCUT2D eigenvalue weighted by Gasteiger charge is -2.25. The van der Waals surface area contributed by atoms with Gasteiger partial charge in [0.25, 0.3) is 0 Å². The molecule has 3 nitrogen and oxygen atoms in total. The molecule has 0 radical (unpaired) electrons. The Labute approximate surface area is 218 Å². The Kier molecular flexibility index (Phi) is 7.53. The number of para-hydroxylation sites is 2. The molecule has 5 rings (SSSR count). The van der Waals surface area contributed by atoms with Crippen LogP contribution in [-0.2, 0) is 0 Å². The fourth-order valence-electron chi connectivity index (χ4n) is 4.04. The predicted octanol–water partition coefficient (Wildman–Crippen LogP) is 9.09. The molecule has 0 aliphatic carbocycles. The molecule has 0 heterocycles. The highest BCUT2D eigenvalue weighted by atomic mass is 16.5. The van der Waals surface area contributed by atoms with E-state index in [0.717, 1.165) is 45.2 Å². The molecule has 5 aromatic carbocycles. The second-order valence-electron chi connectivity index (χ2n) is 8.55. The Morgan fingerprint density at radius 3 is 1.49 bits per heavy atom. The van der Waals surface area contributed by atoms with Gasteiger partial charge in [0.1, 0.15) is 5.75 Å². The van der Waals surface area contributed by atoms with Crippen molar-refractivity contribution in [3.63, 3.8) is 0 Å². The third-order valence-electron chi connectivity index (χ3n) is 6.02. The van der Waals surface area contributed by atoms with Crippen molar-refractivity contribution in [3.05, 3.63) is 150 Å². The van der Waals surface area contributed by atoms with E-state index >= 15 is 0 Å². The van der Waals surface area contributed by atoms with Crippen LogP contribution in [0.5, 0.6) is 5.75 Å². The number of aliphatic imine (C=N–C) groups is 1. The Morgan fingerprint density at radius 1 is 0.514 bits per heavy atom. The molecule has 0 saturated carbocycles. The van der Waals surface area contributed by atoms with Crippen LogP contribution in [0.3, 0.4) is 0 Å². The monoisotopic (exact) mass is 480 g/mol. The Bertz CT molecular complexity index is 1420. The predicted molar refractivity (Wildman–Crippen MR) is 157 cm³/mol. The molecule has 0 aliphatic heterocycles. The van der Waals surface area contributed by atoms with Gasteiger partial charge in [-0.15, -0.1) is 0 Å². The van der Waals surface area contributed by atoms with Crippen molar-refractivity contribution in [2.24, 2.45) is 4.99 Å². The zero-order chi connectivity index (χ0) is 25.3. The van der Waals surface area contributed by atoms with Crippen molar-refractivity contribution in [2.75, 3.05) is 12.0 Å². The molecule has 0 saturated heterocycles. The molecule has 3 heteroatoms. The minimum Gasteiger partial charge on any atom is -0.497 e. The standard InChI is InChI=1S/C34H28N2O/c1-37-34-24-18-29(19-25-34)26-35-30-20-14-27(15-21-30)12-13-28-16-22-33(23-17-28)36(31-8-4-2-5-9-31)32-10-6-3-7-11-32/h2-26H,1H3/b13-12+,35-26?. The molecule has 0 amide bonds. The summed E-state index contributed by atoms with van der Waals surface area (Å²) in [7, 11) is 1.67. The topological polar surface area (TPSA) is 24.8 Å². The van der Waals surface area contributed by atoms with E-state index in [1.165, 1.54) is 0 Å². The highest BCUT2D eigenvalue weighted by molar-refractivity contribution is 5.82. The van der Waals surface area contributed by atoms with Crippen molar-refractivity contribution < 1.29 is 4.74 Å². The van der Waals surface area contributed by atoms with Crippen LogP contribution in [0.1, 0.15) is 16.7 Å². The molecule has 180 valence electrons. The lowest BCUT2D eigenvalue weighted by molar-refractivity contribution is 0.415. The maximum absolute atomic E-state index is 5.20. The van der Waals surface area contributed by atoms with E-state index in [2.05, 4.69) is 107 Å². The lowest BCUT2D eigenvalue weighted by atomic mass is 10.1. The number of benzene rings is 5. The first kappa shape index (κ1) is 23.8. The zero-order valence-corrected chi connectivity index (χ0v) is 20.7. The fourth-order valence-corrected chi connectivity index (χ4v) is 4.04. The van der Waals surface area contributed by atoms with Gasteiger partial charge in [0.2, 0.25) is 0 Å². The first-order chi connectivity index (χ1) is 18.3. The summed E-state index contributed by atoms with van der Waals surface area (Å²) in [5.41, 5.74) is 7.60. The molecular weight excluding hydrogens is 452 g/mol. The van der Waals surface area contributed by atoms with Gasteiger partial charge in [-0.2, -0.15) is 0 Å². The summed E-state index contributed by atoms with van der Waals surface area (Å²) < 4.78 is 5.20. The van der Waals surface area contributed by atoms with Gasteiger partial charge in [-0.05, 0) is 89.5 Å². The van der Waals surface area contributed by atoms with E-state index in [4.69, 9.17) is 4.74 Å². The number of hydrogen-bond donors (Lipinski definition) is 0. The minimum absolute atomic E-state index is 0.840. The molecule has 0 aliphatic rings. The molecule has 0 spiro atoms. The summed E-state index contributed by atoms with van der Waals surface area (Å²) in [6.45, 7) is 0. The molecule has 0 N–H and O–H groups in total. The fraction of sp³-hybridized carbons (Fsp3) is 0.0294. The van der Waals surface area contributed by atoms with Gasteiger partial charge in [0.15, 0.2) is 0 Å². The van der Waals surface area contributed by atoms with E-state index in [9.17, 15) is 0 Å². The van der Waals surface area contributed by atoms with Crippen LogP contribution >= 0.6 is 0 Å². The molecule has 0 atom stereocenters. The number of hydrogen-bond acceptors (Lipinski definition) is 3. The lowest BCUT2D eigenvalue weighted by Crippen LogP contribution is -2.09. The van der Waals surface area contributed by atoms with Gasteiger partial charge >= 0.3 is 0 Å².